The van der Waals surface area contributed by atoms with E-state index in [1.165, 1.54) is 12.8 Å². The third-order valence-corrected chi connectivity index (χ3v) is 3.92. The SMILES string of the molecule is CC(C)C1CCC(N2CCOC2=O)CC1. The minimum absolute atomic E-state index is 0.0944. The van der Waals surface area contributed by atoms with E-state index in [9.17, 15) is 4.79 Å². The van der Waals surface area contributed by atoms with Crippen molar-refractivity contribution in [1.82, 2.24) is 4.90 Å². The Balaban J connectivity index is 1.85. The van der Waals surface area contributed by atoms with Crippen LogP contribution in [0.1, 0.15) is 39.5 Å². The maximum atomic E-state index is 11.4. The summed E-state index contributed by atoms with van der Waals surface area (Å²) in [6.07, 6.45) is 4.77. The Morgan fingerprint density at radius 3 is 2.40 bits per heavy atom. The average Bonchev–Trinajstić information content (AvgIpc) is 2.65. The van der Waals surface area contributed by atoms with Crippen LogP contribution in [0.5, 0.6) is 0 Å². The first-order valence-electron chi connectivity index (χ1n) is 6.12. The lowest BCUT2D eigenvalue weighted by atomic mass is 9.79. The molecule has 1 amide bonds. The largest absolute Gasteiger partial charge is 0.448 e. The topological polar surface area (TPSA) is 29.5 Å². The number of rotatable bonds is 2. The number of hydrogen-bond acceptors (Lipinski definition) is 2. The van der Waals surface area contributed by atoms with Gasteiger partial charge in [-0.15, -0.1) is 0 Å². The van der Waals surface area contributed by atoms with Gasteiger partial charge in [0.15, 0.2) is 0 Å². The van der Waals surface area contributed by atoms with Crippen LogP contribution in [0.25, 0.3) is 0 Å². The van der Waals surface area contributed by atoms with E-state index in [1.54, 1.807) is 0 Å². The molecule has 0 radical (unpaired) electrons. The summed E-state index contributed by atoms with van der Waals surface area (Å²) in [5, 5.41) is 0. The molecule has 1 heterocycles. The highest BCUT2D eigenvalue weighted by Gasteiger charge is 2.33. The van der Waals surface area contributed by atoms with Crippen molar-refractivity contribution < 1.29 is 9.53 Å². The van der Waals surface area contributed by atoms with Crippen LogP contribution in [-0.2, 0) is 4.74 Å². The fourth-order valence-corrected chi connectivity index (χ4v) is 2.82. The van der Waals surface area contributed by atoms with Crippen LogP contribution in [0.15, 0.2) is 0 Å². The van der Waals surface area contributed by atoms with Crippen LogP contribution in [-0.4, -0.2) is 30.2 Å². The summed E-state index contributed by atoms with van der Waals surface area (Å²) in [5.41, 5.74) is 0. The Morgan fingerprint density at radius 1 is 1.27 bits per heavy atom. The fourth-order valence-electron chi connectivity index (χ4n) is 2.82. The monoisotopic (exact) mass is 211 g/mol. The molecule has 15 heavy (non-hydrogen) atoms. The maximum Gasteiger partial charge on any atom is 0.410 e. The van der Waals surface area contributed by atoms with Crippen molar-refractivity contribution in [3.8, 4) is 0 Å². The first-order chi connectivity index (χ1) is 7.18. The molecule has 1 saturated heterocycles. The number of nitrogens with zero attached hydrogens (tertiary/aromatic N) is 1. The molecular formula is C12H21NO2. The summed E-state index contributed by atoms with van der Waals surface area (Å²) in [6.45, 7) is 5.99. The maximum absolute atomic E-state index is 11.4. The van der Waals surface area contributed by atoms with Gasteiger partial charge in [-0.2, -0.15) is 0 Å². The molecule has 2 rings (SSSR count). The lowest BCUT2D eigenvalue weighted by molar-refractivity contribution is 0.126. The summed E-state index contributed by atoms with van der Waals surface area (Å²) >= 11 is 0. The lowest BCUT2D eigenvalue weighted by Crippen LogP contribution is -2.39. The molecule has 0 unspecified atom stereocenters. The van der Waals surface area contributed by atoms with Gasteiger partial charge in [-0.1, -0.05) is 13.8 Å². The highest BCUT2D eigenvalue weighted by atomic mass is 16.6. The molecular weight excluding hydrogens is 190 g/mol. The van der Waals surface area contributed by atoms with Crippen LogP contribution >= 0.6 is 0 Å². The number of cyclic esters (lactones) is 1. The minimum Gasteiger partial charge on any atom is -0.448 e. The van der Waals surface area contributed by atoms with Crippen molar-refractivity contribution in [3.63, 3.8) is 0 Å². The van der Waals surface area contributed by atoms with Crippen LogP contribution < -0.4 is 0 Å². The van der Waals surface area contributed by atoms with Crippen LogP contribution in [0, 0.1) is 11.8 Å². The van der Waals surface area contributed by atoms with E-state index < -0.39 is 0 Å². The normalized spacial score (nSPS) is 32.2. The summed E-state index contributed by atoms with van der Waals surface area (Å²) in [4.78, 5) is 13.3. The van der Waals surface area contributed by atoms with E-state index in [4.69, 9.17) is 4.74 Å². The first kappa shape index (κ1) is 10.8. The number of carbonyl (C=O) groups is 1. The Morgan fingerprint density at radius 2 is 1.93 bits per heavy atom. The molecule has 0 aromatic carbocycles. The third-order valence-electron chi connectivity index (χ3n) is 3.92. The van der Waals surface area contributed by atoms with Gasteiger partial charge in [-0.05, 0) is 37.5 Å². The molecule has 2 aliphatic rings. The molecule has 86 valence electrons. The molecule has 2 fully saturated rings. The predicted molar refractivity (Wildman–Crippen MR) is 58.6 cm³/mol. The zero-order chi connectivity index (χ0) is 10.8. The van der Waals surface area contributed by atoms with Gasteiger partial charge >= 0.3 is 6.09 Å². The average molecular weight is 211 g/mol. The van der Waals surface area contributed by atoms with Crippen LogP contribution in [0.4, 0.5) is 4.79 Å². The van der Waals surface area contributed by atoms with E-state index in [2.05, 4.69) is 13.8 Å². The van der Waals surface area contributed by atoms with E-state index in [1.807, 2.05) is 4.90 Å². The number of carbonyl (C=O) groups excluding carboxylic acids is 1. The van der Waals surface area contributed by atoms with E-state index in [0.717, 1.165) is 31.2 Å². The molecule has 3 nitrogen and oxygen atoms in total. The number of ether oxygens (including phenoxy) is 1. The van der Waals surface area contributed by atoms with Crippen molar-refractivity contribution >= 4 is 6.09 Å². The number of hydrogen-bond donors (Lipinski definition) is 0. The summed E-state index contributed by atoms with van der Waals surface area (Å²) in [7, 11) is 0. The molecule has 0 aromatic rings. The Kier molecular flexibility index (Phi) is 3.17. The smallest absolute Gasteiger partial charge is 0.410 e. The molecule has 3 heteroatoms. The molecule has 1 aliphatic heterocycles. The summed E-state index contributed by atoms with van der Waals surface area (Å²) < 4.78 is 4.98. The van der Waals surface area contributed by atoms with Gasteiger partial charge in [-0.3, -0.25) is 0 Å². The van der Waals surface area contributed by atoms with Crippen molar-refractivity contribution in [1.29, 1.82) is 0 Å². The highest BCUT2D eigenvalue weighted by molar-refractivity contribution is 5.69. The zero-order valence-corrected chi connectivity index (χ0v) is 9.74. The van der Waals surface area contributed by atoms with E-state index in [-0.39, 0.29) is 6.09 Å². The Bertz CT molecular complexity index is 232. The van der Waals surface area contributed by atoms with Gasteiger partial charge in [0, 0.05) is 6.04 Å². The van der Waals surface area contributed by atoms with Crippen molar-refractivity contribution in [2.45, 2.75) is 45.6 Å². The molecule has 0 bridgehead atoms. The third kappa shape index (κ3) is 2.27. The van der Waals surface area contributed by atoms with E-state index >= 15 is 0 Å². The second-order valence-corrected chi connectivity index (χ2v) is 5.12. The Labute approximate surface area is 91.8 Å². The van der Waals surface area contributed by atoms with Gasteiger partial charge in [0.25, 0.3) is 0 Å². The molecule has 1 aliphatic carbocycles. The quantitative estimate of drug-likeness (QED) is 0.702. The Hall–Kier alpha value is -0.730. The van der Waals surface area contributed by atoms with Gasteiger partial charge in [0.2, 0.25) is 0 Å². The van der Waals surface area contributed by atoms with E-state index in [0.29, 0.717) is 12.6 Å². The molecule has 1 saturated carbocycles. The zero-order valence-electron chi connectivity index (χ0n) is 9.74. The van der Waals surface area contributed by atoms with Crippen molar-refractivity contribution in [3.05, 3.63) is 0 Å². The summed E-state index contributed by atoms with van der Waals surface area (Å²) in [5.74, 6) is 1.65. The van der Waals surface area contributed by atoms with Crippen molar-refractivity contribution in [2.24, 2.45) is 11.8 Å². The predicted octanol–water partition coefficient (Wildman–Crippen LogP) is 2.65. The second kappa shape index (κ2) is 4.42. The first-order valence-corrected chi connectivity index (χ1v) is 6.12. The molecule has 0 atom stereocenters. The highest BCUT2D eigenvalue weighted by Crippen LogP contribution is 2.32. The molecule has 0 N–H and O–H groups in total. The van der Waals surface area contributed by atoms with Crippen molar-refractivity contribution in [2.75, 3.05) is 13.2 Å². The van der Waals surface area contributed by atoms with Gasteiger partial charge in [-0.25, -0.2) is 4.79 Å². The molecule has 0 spiro atoms. The summed E-state index contributed by atoms with van der Waals surface area (Å²) in [6, 6.07) is 0.454. The van der Waals surface area contributed by atoms with Gasteiger partial charge < -0.3 is 9.64 Å². The van der Waals surface area contributed by atoms with Gasteiger partial charge in [0.1, 0.15) is 6.61 Å². The fraction of sp³-hybridized carbons (Fsp3) is 0.917. The lowest BCUT2D eigenvalue weighted by Gasteiger charge is -2.34. The van der Waals surface area contributed by atoms with Gasteiger partial charge in [0.05, 0.1) is 6.54 Å². The van der Waals surface area contributed by atoms with Crippen LogP contribution in [0.3, 0.4) is 0 Å². The minimum atomic E-state index is -0.0944. The number of amides is 1. The second-order valence-electron chi connectivity index (χ2n) is 5.12. The molecule has 0 aromatic heterocycles. The standard InChI is InChI=1S/C12H21NO2/c1-9(2)10-3-5-11(6-4-10)13-7-8-15-12(13)14/h9-11H,3-8H2,1-2H3. The van der Waals surface area contributed by atoms with Crippen LogP contribution in [0.2, 0.25) is 0 Å².